The van der Waals surface area contributed by atoms with Gasteiger partial charge in [0.05, 0.1) is 13.0 Å². The van der Waals surface area contributed by atoms with Crippen molar-refractivity contribution in [1.29, 1.82) is 0 Å². The standard InChI is InChI=1S/C22H24N2O3/c1-27-22(26)15-6-10-19(11-7-15)24-13-17-3-2-16(12-20(17)21(24)25)14-4-8-18(23)9-5-14/h2-5,8-9,12,15,19H,6-7,10-11,13,23H2,1H3/t15-,19-. The van der Waals surface area contributed by atoms with Crippen LogP contribution < -0.4 is 5.73 Å². The maximum Gasteiger partial charge on any atom is 0.308 e. The highest BCUT2D eigenvalue weighted by molar-refractivity contribution is 5.99. The summed E-state index contributed by atoms with van der Waals surface area (Å²) in [5, 5.41) is 0. The molecule has 1 heterocycles. The van der Waals surface area contributed by atoms with Crippen LogP contribution in [0, 0.1) is 5.92 Å². The van der Waals surface area contributed by atoms with Gasteiger partial charge in [0.2, 0.25) is 0 Å². The normalized spacial score (nSPS) is 21.8. The van der Waals surface area contributed by atoms with Crippen molar-refractivity contribution < 1.29 is 14.3 Å². The number of benzene rings is 2. The number of carbonyl (C=O) groups excluding carboxylic acids is 2. The number of nitrogens with zero attached hydrogens (tertiary/aromatic N) is 1. The molecular formula is C22H24N2O3. The lowest BCUT2D eigenvalue weighted by atomic mass is 9.85. The molecule has 0 bridgehead atoms. The van der Waals surface area contributed by atoms with Gasteiger partial charge in [0.25, 0.3) is 5.91 Å². The third-order valence-corrected chi connectivity index (χ3v) is 5.86. The highest BCUT2D eigenvalue weighted by atomic mass is 16.5. The summed E-state index contributed by atoms with van der Waals surface area (Å²) in [6.45, 7) is 0.656. The van der Waals surface area contributed by atoms with E-state index in [1.54, 1.807) is 0 Å². The summed E-state index contributed by atoms with van der Waals surface area (Å²) >= 11 is 0. The van der Waals surface area contributed by atoms with Crippen molar-refractivity contribution in [3.05, 3.63) is 53.6 Å². The molecule has 0 saturated heterocycles. The van der Waals surface area contributed by atoms with E-state index in [2.05, 4.69) is 12.1 Å². The quantitative estimate of drug-likeness (QED) is 0.667. The number of methoxy groups -OCH3 is 1. The highest BCUT2D eigenvalue weighted by Gasteiger charge is 2.36. The summed E-state index contributed by atoms with van der Waals surface area (Å²) in [4.78, 5) is 26.7. The lowest BCUT2D eigenvalue weighted by Gasteiger charge is -2.33. The first-order valence-corrected chi connectivity index (χ1v) is 9.44. The first-order chi connectivity index (χ1) is 13.1. The Morgan fingerprint density at radius 2 is 1.70 bits per heavy atom. The van der Waals surface area contributed by atoms with E-state index in [1.807, 2.05) is 35.2 Å². The predicted octanol–water partition coefficient (Wildman–Crippen LogP) is 3.62. The molecule has 1 fully saturated rings. The SMILES string of the molecule is COC(=O)[C@H]1CC[C@H](N2Cc3ccc(-c4ccc(N)cc4)cc3C2=O)CC1. The third kappa shape index (κ3) is 3.29. The molecule has 1 amide bonds. The highest BCUT2D eigenvalue weighted by Crippen LogP contribution is 2.35. The Hall–Kier alpha value is -2.82. The Labute approximate surface area is 159 Å². The molecule has 0 spiro atoms. The first kappa shape index (κ1) is 17.6. The molecule has 27 heavy (non-hydrogen) atoms. The summed E-state index contributed by atoms with van der Waals surface area (Å²) in [7, 11) is 1.44. The largest absolute Gasteiger partial charge is 0.469 e. The number of nitrogen functional groups attached to an aromatic ring is 1. The minimum Gasteiger partial charge on any atom is -0.469 e. The van der Waals surface area contributed by atoms with Gasteiger partial charge in [-0.15, -0.1) is 0 Å². The van der Waals surface area contributed by atoms with Gasteiger partial charge >= 0.3 is 5.97 Å². The Morgan fingerprint density at radius 3 is 2.37 bits per heavy atom. The van der Waals surface area contributed by atoms with Crippen LogP contribution in [0.4, 0.5) is 5.69 Å². The number of ether oxygens (including phenoxy) is 1. The van der Waals surface area contributed by atoms with E-state index in [0.29, 0.717) is 6.54 Å². The topological polar surface area (TPSA) is 72.6 Å². The average Bonchev–Trinajstić information content (AvgIpc) is 3.04. The molecule has 1 saturated carbocycles. The predicted molar refractivity (Wildman–Crippen MR) is 104 cm³/mol. The van der Waals surface area contributed by atoms with Gasteiger partial charge in [0.1, 0.15) is 0 Å². The second-order valence-corrected chi connectivity index (χ2v) is 7.46. The van der Waals surface area contributed by atoms with Crippen molar-refractivity contribution in [2.45, 2.75) is 38.3 Å². The fraction of sp³-hybridized carbons (Fsp3) is 0.364. The summed E-state index contributed by atoms with van der Waals surface area (Å²) in [6, 6.07) is 14.0. The van der Waals surface area contributed by atoms with Crippen LogP contribution in [0.15, 0.2) is 42.5 Å². The lowest BCUT2D eigenvalue weighted by Crippen LogP contribution is -2.39. The van der Waals surface area contributed by atoms with Crippen LogP contribution in [0.25, 0.3) is 11.1 Å². The number of anilines is 1. The van der Waals surface area contributed by atoms with Crippen molar-refractivity contribution in [3.63, 3.8) is 0 Å². The van der Waals surface area contributed by atoms with Crippen molar-refractivity contribution >= 4 is 17.6 Å². The molecule has 0 unspecified atom stereocenters. The Balaban J connectivity index is 1.50. The van der Waals surface area contributed by atoms with Crippen molar-refractivity contribution in [2.75, 3.05) is 12.8 Å². The van der Waals surface area contributed by atoms with E-state index in [-0.39, 0.29) is 23.8 Å². The Morgan fingerprint density at radius 1 is 1.04 bits per heavy atom. The minimum atomic E-state index is -0.127. The number of esters is 1. The fourth-order valence-electron chi connectivity index (χ4n) is 4.26. The second kappa shape index (κ2) is 7.06. The van der Waals surface area contributed by atoms with Gasteiger partial charge < -0.3 is 15.4 Å². The molecule has 5 heteroatoms. The van der Waals surface area contributed by atoms with Gasteiger partial charge in [-0.05, 0) is 60.6 Å². The summed E-state index contributed by atoms with van der Waals surface area (Å²) in [5.41, 5.74) is 10.4. The van der Waals surface area contributed by atoms with E-state index < -0.39 is 0 Å². The number of hydrogen-bond donors (Lipinski definition) is 1. The molecule has 140 valence electrons. The van der Waals surface area contributed by atoms with Gasteiger partial charge in [-0.3, -0.25) is 9.59 Å². The third-order valence-electron chi connectivity index (χ3n) is 5.86. The average molecular weight is 364 g/mol. The molecule has 0 atom stereocenters. The molecule has 0 aromatic heterocycles. The Bertz CT molecular complexity index is 868. The first-order valence-electron chi connectivity index (χ1n) is 9.44. The van der Waals surface area contributed by atoms with E-state index in [9.17, 15) is 9.59 Å². The van der Waals surface area contributed by atoms with Gasteiger partial charge in [0, 0.05) is 23.8 Å². The van der Waals surface area contributed by atoms with Crippen molar-refractivity contribution in [1.82, 2.24) is 4.90 Å². The number of fused-ring (bicyclic) bond motifs is 1. The summed E-state index contributed by atoms with van der Waals surface area (Å²) < 4.78 is 4.86. The van der Waals surface area contributed by atoms with E-state index in [1.165, 1.54) is 7.11 Å². The molecule has 4 rings (SSSR count). The van der Waals surface area contributed by atoms with Gasteiger partial charge in [0.15, 0.2) is 0 Å². The number of carbonyl (C=O) groups is 2. The lowest BCUT2D eigenvalue weighted by molar-refractivity contribution is -0.146. The maximum atomic E-state index is 13.0. The number of nitrogens with two attached hydrogens (primary N) is 1. The molecule has 2 aromatic rings. The molecular weight excluding hydrogens is 340 g/mol. The fourth-order valence-corrected chi connectivity index (χ4v) is 4.26. The zero-order valence-corrected chi connectivity index (χ0v) is 15.5. The van der Waals surface area contributed by atoms with Gasteiger partial charge in [-0.2, -0.15) is 0 Å². The van der Waals surface area contributed by atoms with Gasteiger partial charge in [-0.25, -0.2) is 0 Å². The van der Waals surface area contributed by atoms with Crippen LogP contribution in [-0.4, -0.2) is 29.9 Å². The van der Waals surface area contributed by atoms with Crippen molar-refractivity contribution in [3.8, 4) is 11.1 Å². The monoisotopic (exact) mass is 364 g/mol. The smallest absolute Gasteiger partial charge is 0.308 e. The van der Waals surface area contributed by atoms with E-state index in [0.717, 1.165) is 53.6 Å². The molecule has 5 nitrogen and oxygen atoms in total. The molecule has 0 radical (unpaired) electrons. The van der Waals surface area contributed by atoms with Crippen LogP contribution in [0.1, 0.15) is 41.6 Å². The molecule has 2 N–H and O–H groups in total. The van der Waals surface area contributed by atoms with E-state index >= 15 is 0 Å². The summed E-state index contributed by atoms with van der Waals surface area (Å²) in [5.74, 6) is -0.0510. The van der Waals surface area contributed by atoms with Crippen LogP contribution in [0.2, 0.25) is 0 Å². The molecule has 1 aliphatic carbocycles. The second-order valence-electron chi connectivity index (χ2n) is 7.46. The van der Waals surface area contributed by atoms with Crippen molar-refractivity contribution in [2.24, 2.45) is 5.92 Å². The molecule has 2 aromatic carbocycles. The van der Waals surface area contributed by atoms with Crippen LogP contribution in [0.5, 0.6) is 0 Å². The number of hydrogen-bond acceptors (Lipinski definition) is 4. The van der Waals surface area contributed by atoms with Crippen LogP contribution in [-0.2, 0) is 16.1 Å². The maximum absolute atomic E-state index is 13.0. The minimum absolute atomic E-state index is 0.0246. The van der Waals surface area contributed by atoms with Crippen LogP contribution in [0.3, 0.4) is 0 Å². The summed E-state index contributed by atoms with van der Waals surface area (Å²) in [6.07, 6.45) is 3.27. The van der Waals surface area contributed by atoms with E-state index in [4.69, 9.17) is 10.5 Å². The molecule has 2 aliphatic rings. The van der Waals surface area contributed by atoms with Crippen LogP contribution >= 0.6 is 0 Å². The zero-order chi connectivity index (χ0) is 19.0. The molecule has 1 aliphatic heterocycles. The number of amides is 1. The number of rotatable bonds is 3. The Kier molecular flexibility index (Phi) is 4.60. The zero-order valence-electron chi connectivity index (χ0n) is 15.5. The van der Waals surface area contributed by atoms with Gasteiger partial charge in [-0.1, -0.05) is 24.3 Å².